The van der Waals surface area contributed by atoms with Crippen LogP contribution in [0, 0.1) is 12.8 Å². The van der Waals surface area contributed by atoms with Gasteiger partial charge in [0.05, 0.1) is 34.8 Å². The van der Waals surface area contributed by atoms with E-state index in [2.05, 4.69) is 9.97 Å². The number of rotatable bonds is 5. The van der Waals surface area contributed by atoms with Crippen LogP contribution in [0.25, 0.3) is 0 Å². The number of nitrogens with one attached hydrogen (secondary N) is 1. The zero-order chi connectivity index (χ0) is 24.0. The lowest BCUT2D eigenvalue weighted by molar-refractivity contribution is -0.170. The van der Waals surface area contributed by atoms with Gasteiger partial charge < -0.3 is 10.1 Å². The van der Waals surface area contributed by atoms with Crippen LogP contribution in [-0.4, -0.2) is 59.7 Å². The van der Waals surface area contributed by atoms with E-state index in [0.717, 1.165) is 9.63 Å². The molecule has 2 aromatic heterocycles. The molecule has 2 aromatic rings. The molecule has 4 rings (SSSR count). The van der Waals surface area contributed by atoms with Gasteiger partial charge in [0.15, 0.2) is 0 Å². The third kappa shape index (κ3) is 4.30. The molecule has 4 heterocycles. The highest BCUT2D eigenvalue weighted by molar-refractivity contribution is 8.00. The van der Waals surface area contributed by atoms with Gasteiger partial charge in [0.2, 0.25) is 0 Å². The molecule has 2 N–H and O–H groups in total. The van der Waals surface area contributed by atoms with Gasteiger partial charge in [-0.15, -0.1) is 11.8 Å². The standard InChI is InChI=1S/C21H27N5O6S/c1-10(2)7-25-20-16(18(29)24(4)21(25)31)15(19(30)26-8-12(27)9-32-26)14(33-20)5-13-17(28)22-6-11(3)23-13/h6,10,12,14-15,27H,5,7-9H2,1-4H3,(H,22,28)/t12-,14?,15?/m0/s1. The molecule has 0 spiro atoms. The van der Waals surface area contributed by atoms with Crippen LogP contribution in [0.2, 0.25) is 0 Å². The van der Waals surface area contributed by atoms with Crippen molar-refractivity contribution < 1.29 is 14.7 Å². The average Bonchev–Trinajstić information content (AvgIpc) is 3.35. The first kappa shape index (κ1) is 23.5. The molecule has 2 aliphatic rings. The number of H-pyrrole nitrogens is 1. The number of aromatic nitrogens is 4. The molecule has 3 atom stereocenters. The molecule has 11 nitrogen and oxygen atoms in total. The highest BCUT2D eigenvalue weighted by Gasteiger charge is 2.46. The van der Waals surface area contributed by atoms with E-state index in [4.69, 9.17) is 4.84 Å². The van der Waals surface area contributed by atoms with E-state index >= 15 is 0 Å². The number of hydroxylamine groups is 2. The Morgan fingerprint density at radius 3 is 2.73 bits per heavy atom. The minimum Gasteiger partial charge on any atom is -0.389 e. The summed E-state index contributed by atoms with van der Waals surface area (Å²) in [6.07, 6.45) is 0.794. The van der Waals surface area contributed by atoms with E-state index in [-0.39, 0.29) is 42.3 Å². The fraction of sp³-hybridized carbons (Fsp3) is 0.571. The second kappa shape index (κ2) is 8.92. The van der Waals surface area contributed by atoms with Crippen LogP contribution in [0.15, 0.2) is 25.6 Å². The maximum Gasteiger partial charge on any atom is 0.331 e. The maximum absolute atomic E-state index is 13.5. The van der Waals surface area contributed by atoms with Crippen LogP contribution >= 0.6 is 11.8 Å². The molecule has 0 aliphatic carbocycles. The Kier molecular flexibility index (Phi) is 6.34. The summed E-state index contributed by atoms with van der Waals surface area (Å²) in [4.78, 5) is 64.4. The van der Waals surface area contributed by atoms with Crippen LogP contribution in [0.4, 0.5) is 0 Å². The molecule has 1 fully saturated rings. The Balaban J connectivity index is 1.85. The van der Waals surface area contributed by atoms with E-state index < -0.39 is 34.4 Å². The van der Waals surface area contributed by atoms with Crippen molar-refractivity contribution in [2.45, 2.75) is 56.0 Å². The van der Waals surface area contributed by atoms with Crippen LogP contribution in [0.5, 0.6) is 0 Å². The number of hydrogen-bond acceptors (Lipinski definition) is 8. The maximum atomic E-state index is 13.5. The molecule has 2 aliphatic heterocycles. The van der Waals surface area contributed by atoms with Gasteiger partial charge >= 0.3 is 5.69 Å². The normalized spacial score (nSPS) is 22.2. The summed E-state index contributed by atoms with van der Waals surface area (Å²) in [5, 5.41) is 10.8. The van der Waals surface area contributed by atoms with Crippen LogP contribution in [0.3, 0.4) is 0 Å². The molecule has 0 saturated carbocycles. The minimum atomic E-state index is -0.963. The number of fused-ring (bicyclic) bond motifs is 1. The monoisotopic (exact) mass is 477 g/mol. The number of aromatic amines is 1. The molecular weight excluding hydrogens is 450 g/mol. The second-order valence-corrected chi connectivity index (χ2v) is 10.1. The Labute approximate surface area is 193 Å². The van der Waals surface area contributed by atoms with Gasteiger partial charge in [0, 0.05) is 31.5 Å². The van der Waals surface area contributed by atoms with Gasteiger partial charge in [0.25, 0.3) is 17.0 Å². The molecule has 33 heavy (non-hydrogen) atoms. The molecule has 1 saturated heterocycles. The van der Waals surface area contributed by atoms with Crippen LogP contribution in [-0.2, 0) is 29.6 Å². The first-order chi connectivity index (χ1) is 15.6. The quantitative estimate of drug-likeness (QED) is 0.551. The van der Waals surface area contributed by atoms with E-state index in [9.17, 15) is 24.3 Å². The molecule has 0 bridgehead atoms. The Morgan fingerprint density at radius 2 is 2.09 bits per heavy atom. The van der Waals surface area contributed by atoms with E-state index in [1.807, 2.05) is 13.8 Å². The van der Waals surface area contributed by atoms with Crippen molar-refractivity contribution >= 4 is 17.7 Å². The third-order valence-corrected chi connectivity index (χ3v) is 7.12. The first-order valence-corrected chi connectivity index (χ1v) is 11.6. The van der Waals surface area contributed by atoms with E-state index in [1.165, 1.54) is 29.6 Å². The number of amides is 1. The number of β-amino-alcohol motifs (C(OH)–C–C–N with tert-alkyl or cyclic N) is 1. The molecule has 1 amide bonds. The lowest BCUT2D eigenvalue weighted by Crippen LogP contribution is -2.44. The third-order valence-electron chi connectivity index (χ3n) is 5.71. The Bertz CT molecular complexity index is 1270. The zero-order valence-electron chi connectivity index (χ0n) is 18.9. The van der Waals surface area contributed by atoms with Crippen LogP contribution in [0.1, 0.15) is 36.7 Å². The van der Waals surface area contributed by atoms with Gasteiger partial charge in [-0.1, -0.05) is 13.8 Å². The van der Waals surface area contributed by atoms with E-state index in [0.29, 0.717) is 17.3 Å². The van der Waals surface area contributed by atoms with Crippen molar-refractivity contribution in [3.05, 3.63) is 54.3 Å². The number of aryl methyl sites for hydroxylation is 1. The smallest absolute Gasteiger partial charge is 0.331 e. The number of aliphatic hydroxyl groups is 1. The molecule has 178 valence electrons. The van der Waals surface area contributed by atoms with Gasteiger partial charge in [0.1, 0.15) is 12.3 Å². The largest absolute Gasteiger partial charge is 0.389 e. The molecule has 0 radical (unpaired) electrons. The summed E-state index contributed by atoms with van der Waals surface area (Å²) < 4.78 is 2.54. The number of hydrogen-bond donors (Lipinski definition) is 2. The topological polar surface area (TPSA) is 140 Å². The van der Waals surface area contributed by atoms with Crippen molar-refractivity contribution in [3.8, 4) is 0 Å². The summed E-state index contributed by atoms with van der Waals surface area (Å²) in [6, 6.07) is 0. The summed E-state index contributed by atoms with van der Waals surface area (Å²) in [6.45, 7) is 6.00. The summed E-state index contributed by atoms with van der Waals surface area (Å²) in [5.74, 6) is -1.33. The van der Waals surface area contributed by atoms with Gasteiger partial charge in [-0.3, -0.25) is 33.3 Å². The first-order valence-electron chi connectivity index (χ1n) is 10.8. The number of carbonyl (C=O) groups is 1. The summed E-state index contributed by atoms with van der Waals surface area (Å²) in [5.41, 5.74) is -0.294. The van der Waals surface area contributed by atoms with Crippen molar-refractivity contribution in [1.82, 2.24) is 24.2 Å². The van der Waals surface area contributed by atoms with Gasteiger partial charge in [-0.25, -0.2) is 9.86 Å². The van der Waals surface area contributed by atoms with Gasteiger partial charge in [-0.05, 0) is 12.8 Å². The van der Waals surface area contributed by atoms with Gasteiger partial charge in [-0.2, -0.15) is 0 Å². The number of carbonyl (C=O) groups excluding carboxylic acids is 1. The summed E-state index contributed by atoms with van der Waals surface area (Å²) in [7, 11) is 1.39. The summed E-state index contributed by atoms with van der Waals surface area (Å²) >= 11 is 1.24. The molecular formula is C21H27N5O6S. The second-order valence-electron chi connectivity index (χ2n) is 8.87. The minimum absolute atomic E-state index is 0.0166. The SMILES string of the molecule is Cc1c[nH]c(=O)c(CC2Sc3c(c(=O)n(C)c(=O)n3CC(C)C)C2C(=O)N2C[C@H](O)CO2)n1. The van der Waals surface area contributed by atoms with Crippen molar-refractivity contribution in [2.75, 3.05) is 13.2 Å². The number of aliphatic hydroxyl groups excluding tert-OH is 1. The highest BCUT2D eigenvalue weighted by Crippen LogP contribution is 2.45. The fourth-order valence-corrected chi connectivity index (χ4v) is 5.73. The molecule has 0 aromatic carbocycles. The average molecular weight is 478 g/mol. The molecule has 2 unspecified atom stereocenters. The number of thioether (sulfide) groups is 1. The molecule has 12 heteroatoms. The van der Waals surface area contributed by atoms with E-state index in [1.54, 1.807) is 6.92 Å². The van der Waals surface area contributed by atoms with Crippen molar-refractivity contribution in [3.63, 3.8) is 0 Å². The highest BCUT2D eigenvalue weighted by atomic mass is 32.2. The number of nitrogens with zero attached hydrogens (tertiary/aromatic N) is 4. The predicted molar refractivity (Wildman–Crippen MR) is 120 cm³/mol. The van der Waals surface area contributed by atoms with Crippen LogP contribution < -0.4 is 16.8 Å². The lowest BCUT2D eigenvalue weighted by Gasteiger charge is -2.23. The zero-order valence-corrected chi connectivity index (χ0v) is 19.7. The van der Waals surface area contributed by atoms with Crippen molar-refractivity contribution in [2.24, 2.45) is 13.0 Å². The predicted octanol–water partition coefficient (Wildman–Crippen LogP) is -0.470. The lowest BCUT2D eigenvalue weighted by atomic mass is 9.93. The Morgan fingerprint density at radius 1 is 1.36 bits per heavy atom. The Hall–Kier alpha value is -2.70. The fourth-order valence-electron chi connectivity index (χ4n) is 4.19. The van der Waals surface area contributed by atoms with Crippen molar-refractivity contribution in [1.29, 1.82) is 0 Å².